The van der Waals surface area contributed by atoms with E-state index in [2.05, 4.69) is 89.8 Å². The third-order valence-corrected chi connectivity index (χ3v) is 13.9. The van der Waals surface area contributed by atoms with Gasteiger partial charge in [0.2, 0.25) is 0 Å². The number of aryl methyl sites for hydroxylation is 6. The van der Waals surface area contributed by atoms with E-state index in [1.165, 1.54) is 149 Å². The zero-order chi connectivity index (χ0) is 57.5. The average molecular weight is 1180 g/mol. The zero-order valence-corrected chi connectivity index (χ0v) is 51.2. The van der Waals surface area contributed by atoms with Gasteiger partial charge in [0.1, 0.15) is 5.71 Å². The molecule has 0 spiro atoms. The van der Waals surface area contributed by atoms with Gasteiger partial charge in [0, 0.05) is 17.5 Å². The molecule has 0 amide bonds. The summed E-state index contributed by atoms with van der Waals surface area (Å²) in [7, 11) is 0. The molecule has 0 aliphatic carbocycles. The number of aliphatic imine (C=N–C) groups is 2. The fraction of sp³-hybridized carbons (Fsp3) is 0.559. The van der Waals surface area contributed by atoms with E-state index in [4.69, 9.17) is 9.98 Å². The number of carbonyl (C=O) groups is 2. The summed E-state index contributed by atoms with van der Waals surface area (Å²) in [4.78, 5) is 32.4. The monoisotopic (exact) mass is 1180 g/mol. The van der Waals surface area contributed by atoms with Gasteiger partial charge in [-0.2, -0.15) is 0 Å². The maximum absolute atomic E-state index is 10.8. The summed E-state index contributed by atoms with van der Waals surface area (Å²) in [5.41, 5.74) is 10.4. The first kappa shape index (κ1) is 71.6. The number of hydrogen-bond acceptors (Lipinski definition) is 10. The molecule has 438 valence electrons. The van der Waals surface area contributed by atoms with Crippen LogP contribution in [0.5, 0.6) is 23.0 Å². The molecule has 4 aromatic rings. The van der Waals surface area contributed by atoms with Crippen LogP contribution in [-0.4, -0.2) is 43.8 Å². The summed E-state index contributed by atoms with van der Waals surface area (Å²) in [6.07, 6.45) is 33.0. The van der Waals surface area contributed by atoms with E-state index in [-0.39, 0.29) is 31.5 Å². The van der Waals surface area contributed by atoms with Crippen LogP contribution in [0.25, 0.3) is 0 Å². The summed E-state index contributed by atoms with van der Waals surface area (Å²) >= 11 is 0. The third kappa shape index (κ3) is 27.5. The molecule has 0 fully saturated rings. The number of hydrogen-bond donors (Lipinski definition) is 4. The van der Waals surface area contributed by atoms with Crippen molar-refractivity contribution < 1.29 is 60.7 Å². The second-order valence-corrected chi connectivity index (χ2v) is 20.7. The van der Waals surface area contributed by atoms with Crippen molar-refractivity contribution in [2.45, 2.75) is 248 Å². The molecular formula is C68H98N2O8Pd. The fourth-order valence-corrected chi connectivity index (χ4v) is 9.32. The van der Waals surface area contributed by atoms with Crippen LogP contribution >= 0.6 is 0 Å². The normalized spacial score (nSPS) is 11.1. The van der Waals surface area contributed by atoms with Crippen LogP contribution in [0.2, 0.25) is 0 Å². The van der Waals surface area contributed by atoms with E-state index in [1.807, 2.05) is 13.8 Å². The number of aromatic hydroxyl groups is 4. The van der Waals surface area contributed by atoms with Gasteiger partial charge in [0.15, 0.2) is 23.0 Å². The molecule has 0 unspecified atom stereocenters. The van der Waals surface area contributed by atoms with Crippen LogP contribution in [-0.2, 0) is 58.9 Å². The number of carboxylic acids is 2. The third-order valence-electron chi connectivity index (χ3n) is 13.9. The number of phenols is 4. The first-order valence-electron chi connectivity index (χ1n) is 30.1. The molecule has 4 N–H and O–H groups in total. The van der Waals surface area contributed by atoms with Crippen molar-refractivity contribution in [3.05, 3.63) is 105 Å². The maximum atomic E-state index is 10.8. The minimum Gasteiger partial charge on any atom is -0.545 e. The van der Waals surface area contributed by atoms with Gasteiger partial charge in [-0.3, -0.25) is 4.99 Å². The molecule has 0 aromatic heterocycles. The first-order chi connectivity index (χ1) is 37.7. The van der Waals surface area contributed by atoms with Crippen LogP contribution < -0.4 is 10.2 Å². The van der Waals surface area contributed by atoms with Gasteiger partial charge in [-0.1, -0.05) is 175 Å². The van der Waals surface area contributed by atoms with Gasteiger partial charge in [0.05, 0.1) is 29.0 Å². The predicted molar refractivity (Wildman–Crippen MR) is 321 cm³/mol. The molecule has 0 bridgehead atoms. The topological polar surface area (TPSA) is 186 Å². The minimum atomic E-state index is -1.46. The molecule has 0 heterocycles. The number of carboxylic acid groups (broad SMARTS) is 2. The number of carbonyl (C=O) groups excluding carboxylic acids is 2. The number of nitrogens with zero attached hydrogens (tertiary/aromatic N) is 2. The Morgan fingerprint density at radius 1 is 0.418 bits per heavy atom. The Labute approximate surface area is 490 Å². The standard InChI is InChI=1S/C44H68N2.2C12H16O4.Pd/c1-7-13-19-25-37-31-33-41(35-39(37)27-21-15-9-3)45-43(29-23-17-11-5)44(30-24-18-12-6)46-42-34-32-38(26-20-14-8-2)40(36-42)28-22-16-10-4;2*1-2-3-4-5-8-6-7-9(13)11(14)10(8)12(15)16;/h31-36H,7-23,25-29H2,1-6H3;2*6-7,13-14H,2-5H2,1H3,(H,15,16);/q;;;+2/p-2. The average Bonchev–Trinajstić information content (AvgIpc) is 3.43. The summed E-state index contributed by atoms with van der Waals surface area (Å²) in [6.45, 7) is 17.7. The van der Waals surface area contributed by atoms with Crippen molar-refractivity contribution in [3.8, 4) is 34.8 Å². The summed E-state index contributed by atoms with van der Waals surface area (Å²) < 4.78 is 0. The van der Waals surface area contributed by atoms with E-state index in [0.29, 0.717) is 24.0 Å². The molecule has 0 aliphatic heterocycles. The second kappa shape index (κ2) is 43.4. The Balaban J connectivity index is 0.000000763. The van der Waals surface area contributed by atoms with E-state index in [1.54, 1.807) is 0 Å². The smallest absolute Gasteiger partial charge is 0.545 e. The Bertz CT molecular complexity index is 2430. The number of unbranched alkanes of at least 4 members (excludes halogenated alkanes) is 15. The molecule has 0 radical (unpaired) electrons. The number of aromatic carboxylic acids is 2. The van der Waals surface area contributed by atoms with Gasteiger partial charge in [-0.25, -0.2) is 4.99 Å². The fourth-order valence-electron chi connectivity index (χ4n) is 9.32. The van der Waals surface area contributed by atoms with Gasteiger partial charge < -0.3 is 40.2 Å². The molecule has 0 atom stereocenters. The Kier molecular flexibility index (Phi) is 39.3. The van der Waals surface area contributed by atoms with E-state index >= 15 is 0 Å². The van der Waals surface area contributed by atoms with Crippen LogP contribution in [0.3, 0.4) is 0 Å². The number of phenolic OH excluding ortho intramolecular Hbond substituents is 2. The van der Waals surface area contributed by atoms with Gasteiger partial charge >= 0.3 is 20.4 Å². The van der Waals surface area contributed by atoms with Crippen molar-refractivity contribution in [2.75, 3.05) is 0 Å². The molecule has 10 nitrogen and oxygen atoms in total. The second-order valence-electron chi connectivity index (χ2n) is 20.7. The molecule has 0 saturated carbocycles. The quantitative estimate of drug-likeness (QED) is 0.0117. The predicted octanol–water partition coefficient (Wildman–Crippen LogP) is 16.2. The Morgan fingerprint density at radius 3 is 1.10 bits per heavy atom. The largest absolute Gasteiger partial charge is 2.00 e. The summed E-state index contributed by atoms with van der Waals surface area (Å²) in [6, 6.07) is 19.5. The molecule has 11 heteroatoms. The van der Waals surface area contributed by atoms with Crippen LogP contribution in [0.1, 0.15) is 264 Å². The molecular weight excluding hydrogens is 1080 g/mol. The number of rotatable bonds is 34. The molecule has 4 rings (SSSR count). The van der Waals surface area contributed by atoms with E-state index in [9.17, 15) is 40.2 Å². The van der Waals surface area contributed by atoms with Crippen molar-refractivity contribution in [3.63, 3.8) is 0 Å². The Morgan fingerprint density at radius 2 is 0.747 bits per heavy atom. The van der Waals surface area contributed by atoms with Crippen molar-refractivity contribution in [2.24, 2.45) is 9.98 Å². The Hall–Kier alpha value is -5.42. The molecule has 0 aliphatic rings. The zero-order valence-electron chi connectivity index (χ0n) is 49.6. The van der Waals surface area contributed by atoms with E-state index < -0.39 is 34.9 Å². The van der Waals surface area contributed by atoms with Gasteiger partial charge in [-0.15, -0.1) is 0 Å². The van der Waals surface area contributed by atoms with Crippen molar-refractivity contribution in [1.29, 1.82) is 0 Å². The van der Waals surface area contributed by atoms with Crippen molar-refractivity contribution >= 4 is 34.7 Å². The SMILES string of the molecule is CCCC#CC(=Nc1ccc(CCCCC)c(CCCCC)c1)C(CCCCC)=Nc1ccc(CCCCC)c(CCCCC)c1.CCCCCc1ccc(O)c(O)c1C(=O)[O-].CCCCCc1ccc(O)c(O)c1C(=O)[O-].[Pd+2]. The molecule has 79 heavy (non-hydrogen) atoms. The first-order valence-corrected chi connectivity index (χ1v) is 30.1. The van der Waals surface area contributed by atoms with Crippen molar-refractivity contribution in [1.82, 2.24) is 0 Å². The van der Waals surface area contributed by atoms with Gasteiger partial charge in [-0.05, 0) is 172 Å². The number of benzene rings is 4. The van der Waals surface area contributed by atoms with Gasteiger partial charge in [0.25, 0.3) is 0 Å². The van der Waals surface area contributed by atoms with E-state index in [0.717, 1.165) is 99.8 Å². The van der Waals surface area contributed by atoms with Crippen LogP contribution in [0.15, 0.2) is 70.6 Å². The molecule has 4 aromatic carbocycles. The maximum Gasteiger partial charge on any atom is 2.00 e. The minimum absolute atomic E-state index is 0. The van der Waals surface area contributed by atoms with Crippen LogP contribution in [0, 0.1) is 11.8 Å². The summed E-state index contributed by atoms with van der Waals surface area (Å²) in [5, 5.41) is 59.0. The summed E-state index contributed by atoms with van der Waals surface area (Å²) in [5.74, 6) is 1.97. The molecule has 0 saturated heterocycles. The van der Waals surface area contributed by atoms with Crippen LogP contribution in [0.4, 0.5) is 11.4 Å².